The van der Waals surface area contributed by atoms with Gasteiger partial charge in [0.2, 0.25) is 0 Å². The fraction of sp³-hybridized carbons (Fsp3) is 0.257. The van der Waals surface area contributed by atoms with E-state index < -0.39 is 40.7 Å². The van der Waals surface area contributed by atoms with E-state index in [1.54, 1.807) is 6.07 Å². The van der Waals surface area contributed by atoms with Crippen molar-refractivity contribution in [2.75, 3.05) is 0 Å². The van der Waals surface area contributed by atoms with Crippen molar-refractivity contribution >= 4 is 11.6 Å². The van der Waals surface area contributed by atoms with E-state index >= 15 is 4.39 Å². The summed E-state index contributed by atoms with van der Waals surface area (Å²) in [5.41, 5.74) is 0.464. The van der Waals surface area contributed by atoms with Gasteiger partial charge in [-0.25, -0.2) is 17.6 Å². The Morgan fingerprint density at radius 1 is 0.744 bits per heavy atom. The Kier molecular flexibility index (Phi) is 9.21. The molecule has 1 saturated carbocycles. The summed E-state index contributed by atoms with van der Waals surface area (Å²) in [6, 6.07) is 15.9. The Morgan fingerprint density at radius 2 is 1.37 bits per heavy atom. The van der Waals surface area contributed by atoms with E-state index in [0.717, 1.165) is 49.8 Å². The summed E-state index contributed by atoms with van der Waals surface area (Å²) >= 11 is 5.53. The van der Waals surface area contributed by atoms with Gasteiger partial charge in [-0.15, -0.1) is 0 Å². The molecule has 1 fully saturated rings. The second-order valence-corrected chi connectivity index (χ2v) is 11.2. The Morgan fingerprint density at radius 3 is 1.98 bits per heavy atom. The highest BCUT2D eigenvalue weighted by molar-refractivity contribution is 6.30. The molecule has 0 N–H and O–H groups in total. The molecule has 4 aromatic carbocycles. The van der Waals surface area contributed by atoms with Crippen LogP contribution in [-0.4, -0.2) is 0 Å². The summed E-state index contributed by atoms with van der Waals surface area (Å²) in [6.07, 6.45) is 5.66. The van der Waals surface area contributed by atoms with Crippen molar-refractivity contribution in [1.29, 1.82) is 0 Å². The quantitative estimate of drug-likeness (QED) is 0.142. The van der Waals surface area contributed by atoms with Crippen LogP contribution < -0.4 is 4.74 Å². The van der Waals surface area contributed by atoms with Gasteiger partial charge in [-0.05, 0) is 96.5 Å². The van der Waals surface area contributed by atoms with E-state index in [1.165, 1.54) is 17.7 Å². The van der Waals surface area contributed by atoms with Gasteiger partial charge in [0.15, 0.2) is 0 Å². The molecule has 5 rings (SSSR count). The van der Waals surface area contributed by atoms with Gasteiger partial charge in [0.05, 0.1) is 5.02 Å². The predicted octanol–water partition coefficient (Wildman–Crippen LogP) is 11.6. The Hall–Kier alpha value is -3.71. The third-order valence-corrected chi connectivity index (χ3v) is 8.19. The minimum Gasteiger partial charge on any atom is -0.429 e. The molecular weight excluding hydrogens is 586 g/mol. The van der Waals surface area contributed by atoms with Crippen molar-refractivity contribution in [3.05, 3.63) is 124 Å². The lowest BCUT2D eigenvalue weighted by molar-refractivity contribution is -0.189. The molecule has 1 nitrogen and oxygen atoms in total. The molecule has 1 aliphatic carbocycles. The highest BCUT2D eigenvalue weighted by Gasteiger charge is 2.41. The van der Waals surface area contributed by atoms with Gasteiger partial charge in [0.1, 0.15) is 34.6 Å². The van der Waals surface area contributed by atoms with Crippen LogP contribution in [0.4, 0.5) is 26.3 Å². The van der Waals surface area contributed by atoms with E-state index in [2.05, 4.69) is 35.9 Å². The predicted molar refractivity (Wildman–Crippen MR) is 157 cm³/mol. The lowest BCUT2D eigenvalue weighted by Crippen LogP contribution is -2.25. The lowest BCUT2D eigenvalue weighted by Gasteiger charge is -2.27. The zero-order valence-electron chi connectivity index (χ0n) is 23.3. The number of rotatable bonds is 8. The van der Waals surface area contributed by atoms with Gasteiger partial charge in [0, 0.05) is 11.6 Å². The Bertz CT molecular complexity index is 1600. The smallest absolute Gasteiger partial charge is 0.429 e. The Labute approximate surface area is 251 Å². The summed E-state index contributed by atoms with van der Waals surface area (Å²) < 4.78 is 92.4. The van der Waals surface area contributed by atoms with Crippen molar-refractivity contribution in [1.82, 2.24) is 0 Å². The van der Waals surface area contributed by atoms with Crippen molar-refractivity contribution in [3.63, 3.8) is 0 Å². The standard InChI is InChI=1S/C35H29ClF6O/c1-2-3-4-21-5-7-22(8-6-21)23-9-11-24(12-10-23)25-13-15-28(30(37)17-25)26-18-32(39)34(33(40)19-26)35(41,42)43-27-14-16-29(36)31(38)20-27/h3-4,9-22H,2,5-8H2,1H3/b4-3+. The second-order valence-electron chi connectivity index (χ2n) is 10.8. The molecular formula is C35H29ClF6O. The van der Waals surface area contributed by atoms with Gasteiger partial charge in [-0.2, -0.15) is 8.78 Å². The van der Waals surface area contributed by atoms with Crippen molar-refractivity contribution in [2.45, 2.75) is 51.1 Å². The molecule has 0 radical (unpaired) electrons. The summed E-state index contributed by atoms with van der Waals surface area (Å²) in [5, 5.41) is -0.337. The summed E-state index contributed by atoms with van der Waals surface area (Å²) in [7, 11) is 0. The van der Waals surface area contributed by atoms with Crippen LogP contribution in [0.15, 0.2) is 84.9 Å². The molecule has 0 unspecified atom stereocenters. The van der Waals surface area contributed by atoms with E-state index in [1.807, 2.05) is 12.1 Å². The van der Waals surface area contributed by atoms with Gasteiger partial charge >= 0.3 is 6.11 Å². The summed E-state index contributed by atoms with van der Waals surface area (Å²) in [5.74, 6) is -4.67. The second kappa shape index (κ2) is 12.9. The van der Waals surface area contributed by atoms with Gasteiger partial charge in [-0.3, -0.25) is 0 Å². The van der Waals surface area contributed by atoms with Crippen LogP contribution in [0, 0.1) is 29.2 Å². The fourth-order valence-corrected chi connectivity index (χ4v) is 5.71. The Balaban J connectivity index is 1.32. The number of ether oxygens (including phenoxy) is 1. The first-order chi connectivity index (χ1) is 20.6. The van der Waals surface area contributed by atoms with Gasteiger partial charge in [0.25, 0.3) is 0 Å². The van der Waals surface area contributed by atoms with Crippen molar-refractivity contribution in [2.24, 2.45) is 5.92 Å². The van der Waals surface area contributed by atoms with E-state index in [-0.39, 0.29) is 16.1 Å². The van der Waals surface area contributed by atoms with Gasteiger partial charge in [-0.1, -0.05) is 67.1 Å². The topological polar surface area (TPSA) is 9.23 Å². The molecule has 0 amide bonds. The summed E-state index contributed by atoms with van der Waals surface area (Å²) in [6.45, 7) is 2.14. The van der Waals surface area contributed by atoms with E-state index in [9.17, 15) is 22.0 Å². The molecule has 0 saturated heterocycles. The number of hydrogen-bond donors (Lipinski definition) is 0. The largest absolute Gasteiger partial charge is 0.432 e. The van der Waals surface area contributed by atoms with Crippen LogP contribution in [-0.2, 0) is 6.11 Å². The molecule has 8 heteroatoms. The SMILES string of the molecule is CC/C=C/C1CCC(c2ccc(-c3ccc(-c4cc(F)c(C(F)(F)Oc5ccc(Cl)c(F)c5)c(F)c4)c(F)c3)cc2)CC1. The maximum atomic E-state index is 15.2. The normalized spacial score (nSPS) is 17.4. The maximum Gasteiger partial charge on any atom is 0.432 e. The molecule has 0 aliphatic heterocycles. The molecule has 0 spiro atoms. The lowest BCUT2D eigenvalue weighted by atomic mass is 9.78. The highest BCUT2D eigenvalue weighted by atomic mass is 35.5. The molecule has 0 atom stereocenters. The minimum atomic E-state index is -4.49. The first-order valence-electron chi connectivity index (χ1n) is 14.1. The molecule has 0 bridgehead atoms. The zero-order valence-corrected chi connectivity index (χ0v) is 24.1. The van der Waals surface area contributed by atoms with E-state index in [0.29, 0.717) is 35.6 Å². The van der Waals surface area contributed by atoms with Crippen LogP contribution in [0.2, 0.25) is 5.02 Å². The minimum absolute atomic E-state index is 0.164. The average Bonchev–Trinajstić information content (AvgIpc) is 2.97. The van der Waals surface area contributed by atoms with Crippen LogP contribution >= 0.6 is 11.6 Å². The number of halogens is 7. The molecule has 0 aromatic heterocycles. The first-order valence-corrected chi connectivity index (χ1v) is 14.5. The maximum absolute atomic E-state index is 15.2. The molecule has 0 heterocycles. The third kappa shape index (κ3) is 6.93. The van der Waals surface area contributed by atoms with Crippen LogP contribution in [0.5, 0.6) is 5.75 Å². The van der Waals surface area contributed by atoms with Crippen molar-refractivity contribution < 1.29 is 31.1 Å². The van der Waals surface area contributed by atoms with Crippen LogP contribution in [0.1, 0.15) is 56.1 Å². The van der Waals surface area contributed by atoms with Crippen LogP contribution in [0.3, 0.4) is 0 Å². The first kappa shape index (κ1) is 30.7. The van der Waals surface area contributed by atoms with Crippen LogP contribution in [0.25, 0.3) is 22.3 Å². The molecule has 224 valence electrons. The van der Waals surface area contributed by atoms with Gasteiger partial charge < -0.3 is 4.74 Å². The summed E-state index contributed by atoms with van der Waals surface area (Å²) in [4.78, 5) is 0. The third-order valence-electron chi connectivity index (χ3n) is 7.88. The molecule has 1 aliphatic rings. The number of alkyl halides is 2. The number of hydrogen-bond acceptors (Lipinski definition) is 1. The van der Waals surface area contributed by atoms with Crippen molar-refractivity contribution in [3.8, 4) is 28.0 Å². The molecule has 4 aromatic rings. The average molecular weight is 615 g/mol. The number of allylic oxidation sites excluding steroid dienone is 2. The zero-order chi connectivity index (χ0) is 30.7. The monoisotopic (exact) mass is 614 g/mol. The molecule has 43 heavy (non-hydrogen) atoms. The van der Waals surface area contributed by atoms with E-state index in [4.69, 9.17) is 11.6 Å². The number of benzene rings is 4. The fourth-order valence-electron chi connectivity index (χ4n) is 5.60. The highest BCUT2D eigenvalue weighted by Crippen LogP contribution is 2.39.